The highest BCUT2D eigenvalue weighted by Gasteiger charge is 2.13. The monoisotopic (exact) mass is 347 g/mol. The number of piperidine rings is 1. The summed E-state index contributed by atoms with van der Waals surface area (Å²) in [4.78, 5) is 26.2. The van der Waals surface area contributed by atoms with Crippen LogP contribution in [0.5, 0.6) is 0 Å². The van der Waals surface area contributed by atoms with Crippen molar-refractivity contribution in [2.24, 2.45) is 0 Å². The summed E-state index contributed by atoms with van der Waals surface area (Å²) in [5.41, 5.74) is 0.586. The van der Waals surface area contributed by atoms with Crippen LogP contribution in [0.25, 0.3) is 11.3 Å². The number of rotatable bonds is 6. The topological polar surface area (TPSA) is 67.5 Å². The van der Waals surface area contributed by atoms with Gasteiger partial charge in [-0.3, -0.25) is 9.36 Å². The molecule has 0 radical (unpaired) electrons. The van der Waals surface area contributed by atoms with Gasteiger partial charge in [0.05, 0.1) is 6.20 Å². The fourth-order valence-electron chi connectivity index (χ4n) is 2.98. The molecule has 1 fully saturated rings. The molecule has 134 valence electrons. The van der Waals surface area contributed by atoms with Crippen molar-refractivity contribution >= 4 is 5.91 Å². The third-order valence-corrected chi connectivity index (χ3v) is 4.35. The second-order valence-electron chi connectivity index (χ2n) is 6.25. The zero-order valence-electron chi connectivity index (χ0n) is 14.0. The van der Waals surface area contributed by atoms with E-state index < -0.39 is 5.76 Å². The summed E-state index contributed by atoms with van der Waals surface area (Å²) in [5.74, 6) is -0.888. The predicted octanol–water partition coefficient (Wildman–Crippen LogP) is 1.85. The van der Waals surface area contributed by atoms with Crippen molar-refractivity contribution in [3.8, 4) is 11.3 Å². The van der Waals surface area contributed by atoms with Crippen LogP contribution in [0.2, 0.25) is 0 Å². The van der Waals surface area contributed by atoms with Gasteiger partial charge in [0.1, 0.15) is 12.4 Å². The Morgan fingerprint density at radius 2 is 1.88 bits per heavy atom. The van der Waals surface area contributed by atoms with Gasteiger partial charge in [-0.15, -0.1) is 0 Å². The maximum Gasteiger partial charge on any atom is 0.419 e. The SMILES string of the molecule is O=C(Cn1cc(-c2ccc(F)cc2)oc1=O)NCCN1CCCCC1. The molecule has 25 heavy (non-hydrogen) atoms. The summed E-state index contributed by atoms with van der Waals surface area (Å²) >= 11 is 0. The fraction of sp³-hybridized carbons (Fsp3) is 0.444. The molecule has 0 atom stereocenters. The number of nitrogens with one attached hydrogen (secondary N) is 1. The number of amides is 1. The molecule has 0 unspecified atom stereocenters. The largest absolute Gasteiger partial charge is 0.419 e. The van der Waals surface area contributed by atoms with Crippen LogP contribution in [0, 0.1) is 5.82 Å². The van der Waals surface area contributed by atoms with Crippen LogP contribution in [0.15, 0.2) is 39.7 Å². The molecule has 1 saturated heterocycles. The van der Waals surface area contributed by atoms with Gasteiger partial charge in [0, 0.05) is 18.7 Å². The van der Waals surface area contributed by atoms with Crippen molar-refractivity contribution in [2.75, 3.05) is 26.2 Å². The summed E-state index contributed by atoms with van der Waals surface area (Å²) < 4.78 is 19.3. The van der Waals surface area contributed by atoms with E-state index in [-0.39, 0.29) is 18.3 Å². The average Bonchev–Trinajstić information content (AvgIpc) is 2.97. The molecule has 3 rings (SSSR count). The van der Waals surface area contributed by atoms with Crippen LogP contribution in [0.3, 0.4) is 0 Å². The van der Waals surface area contributed by atoms with Gasteiger partial charge < -0.3 is 14.6 Å². The van der Waals surface area contributed by atoms with Gasteiger partial charge in [-0.2, -0.15) is 0 Å². The zero-order chi connectivity index (χ0) is 17.6. The summed E-state index contributed by atoms with van der Waals surface area (Å²) in [5, 5.41) is 2.83. The van der Waals surface area contributed by atoms with Crippen molar-refractivity contribution in [3.05, 3.63) is 46.8 Å². The molecule has 0 spiro atoms. The first kappa shape index (κ1) is 17.4. The van der Waals surface area contributed by atoms with E-state index in [4.69, 9.17) is 4.42 Å². The Kier molecular flexibility index (Phi) is 5.65. The van der Waals surface area contributed by atoms with Crippen LogP contribution in [-0.4, -0.2) is 41.6 Å². The van der Waals surface area contributed by atoms with Crippen molar-refractivity contribution in [2.45, 2.75) is 25.8 Å². The highest BCUT2D eigenvalue weighted by atomic mass is 19.1. The number of carbonyl (C=O) groups excluding carboxylic acids is 1. The smallest absolute Gasteiger partial charge is 0.408 e. The number of carbonyl (C=O) groups is 1. The number of halogens is 1. The minimum Gasteiger partial charge on any atom is -0.408 e. The maximum absolute atomic E-state index is 13.0. The van der Waals surface area contributed by atoms with Crippen LogP contribution in [-0.2, 0) is 11.3 Å². The number of oxazole rings is 1. The van der Waals surface area contributed by atoms with Crippen LogP contribution in [0.4, 0.5) is 4.39 Å². The number of nitrogens with zero attached hydrogens (tertiary/aromatic N) is 2. The maximum atomic E-state index is 13.0. The number of hydrogen-bond donors (Lipinski definition) is 1. The van der Waals surface area contributed by atoms with Gasteiger partial charge in [0.2, 0.25) is 5.91 Å². The molecule has 1 aromatic heterocycles. The van der Waals surface area contributed by atoms with E-state index in [1.807, 2.05) is 0 Å². The van der Waals surface area contributed by atoms with E-state index in [0.717, 1.165) is 19.6 Å². The van der Waals surface area contributed by atoms with E-state index in [1.54, 1.807) is 0 Å². The van der Waals surface area contributed by atoms with Gasteiger partial charge in [0.25, 0.3) is 0 Å². The average molecular weight is 347 g/mol. The Morgan fingerprint density at radius 3 is 2.60 bits per heavy atom. The second-order valence-corrected chi connectivity index (χ2v) is 6.25. The molecule has 1 aromatic carbocycles. The van der Waals surface area contributed by atoms with Crippen molar-refractivity contribution in [1.29, 1.82) is 0 Å². The van der Waals surface area contributed by atoms with Crippen LogP contribution >= 0.6 is 0 Å². The normalized spacial score (nSPS) is 15.2. The number of benzene rings is 1. The van der Waals surface area contributed by atoms with E-state index in [2.05, 4.69) is 10.2 Å². The van der Waals surface area contributed by atoms with Crippen LogP contribution < -0.4 is 11.1 Å². The first-order valence-electron chi connectivity index (χ1n) is 8.57. The molecule has 1 aliphatic rings. The van der Waals surface area contributed by atoms with Crippen molar-refractivity contribution in [3.63, 3.8) is 0 Å². The minimum atomic E-state index is -0.606. The number of likely N-dealkylation sites (tertiary alicyclic amines) is 1. The molecule has 2 heterocycles. The Hall–Kier alpha value is -2.41. The zero-order valence-corrected chi connectivity index (χ0v) is 14.0. The van der Waals surface area contributed by atoms with E-state index >= 15 is 0 Å². The van der Waals surface area contributed by atoms with Crippen molar-refractivity contribution in [1.82, 2.24) is 14.8 Å². The predicted molar refractivity (Wildman–Crippen MR) is 91.7 cm³/mol. The summed E-state index contributed by atoms with van der Waals surface area (Å²) in [6, 6.07) is 5.63. The molecule has 1 aliphatic heterocycles. The van der Waals surface area contributed by atoms with Gasteiger partial charge >= 0.3 is 5.76 Å². The molecule has 2 aromatic rings. The summed E-state index contributed by atoms with van der Waals surface area (Å²) in [6.07, 6.45) is 5.18. The van der Waals surface area contributed by atoms with Gasteiger partial charge in [-0.1, -0.05) is 6.42 Å². The third-order valence-electron chi connectivity index (χ3n) is 4.35. The molecule has 6 nitrogen and oxygen atoms in total. The molecule has 1 N–H and O–H groups in total. The molecule has 0 aliphatic carbocycles. The standard InChI is InChI=1S/C18H22FN3O3/c19-15-6-4-14(5-7-15)16-12-22(18(24)25-16)13-17(23)20-8-11-21-9-2-1-3-10-21/h4-7,12H,1-3,8-11,13H2,(H,20,23). The lowest BCUT2D eigenvalue weighted by Gasteiger charge is -2.26. The second kappa shape index (κ2) is 8.11. The van der Waals surface area contributed by atoms with Crippen molar-refractivity contribution < 1.29 is 13.6 Å². The molecule has 1 amide bonds. The Morgan fingerprint density at radius 1 is 1.16 bits per heavy atom. The fourth-order valence-corrected chi connectivity index (χ4v) is 2.98. The minimum absolute atomic E-state index is 0.0937. The van der Waals surface area contributed by atoms with Gasteiger partial charge in [0.15, 0.2) is 5.76 Å². The molecular weight excluding hydrogens is 325 g/mol. The third kappa shape index (κ3) is 4.79. The highest BCUT2D eigenvalue weighted by molar-refractivity contribution is 5.75. The summed E-state index contributed by atoms with van der Waals surface area (Å²) in [6.45, 7) is 3.46. The highest BCUT2D eigenvalue weighted by Crippen LogP contribution is 2.18. The molecule has 0 saturated carbocycles. The molecule has 7 heteroatoms. The van der Waals surface area contributed by atoms with Crippen LogP contribution in [0.1, 0.15) is 19.3 Å². The number of aromatic nitrogens is 1. The Bertz CT molecular complexity index is 761. The first-order valence-corrected chi connectivity index (χ1v) is 8.57. The van der Waals surface area contributed by atoms with Gasteiger partial charge in [-0.05, 0) is 50.2 Å². The summed E-state index contributed by atoms with van der Waals surface area (Å²) in [7, 11) is 0. The van der Waals surface area contributed by atoms with E-state index in [0.29, 0.717) is 17.9 Å². The van der Waals surface area contributed by atoms with E-state index in [1.165, 1.54) is 54.3 Å². The van der Waals surface area contributed by atoms with Gasteiger partial charge in [-0.25, -0.2) is 9.18 Å². The molecular formula is C18H22FN3O3. The lowest BCUT2D eigenvalue weighted by atomic mass is 10.1. The van der Waals surface area contributed by atoms with E-state index in [9.17, 15) is 14.0 Å². The lowest BCUT2D eigenvalue weighted by molar-refractivity contribution is -0.121. The quantitative estimate of drug-likeness (QED) is 0.866. The Labute approximate surface area is 145 Å². The first-order chi connectivity index (χ1) is 12.1. The molecule has 0 bridgehead atoms. The Balaban J connectivity index is 1.52. The lowest BCUT2D eigenvalue weighted by Crippen LogP contribution is -2.39. The number of hydrogen-bond acceptors (Lipinski definition) is 4.